The smallest absolute Gasteiger partial charge is 0.326 e. The number of carbonyl (C=O) groups is 2. The number of amides is 1. The van der Waals surface area contributed by atoms with Crippen LogP contribution in [-0.4, -0.2) is 47.1 Å². The lowest BCUT2D eigenvalue weighted by Gasteiger charge is -2.24. The lowest BCUT2D eigenvalue weighted by atomic mass is 10.1. The summed E-state index contributed by atoms with van der Waals surface area (Å²) < 4.78 is 0. The van der Waals surface area contributed by atoms with E-state index in [1.165, 1.54) is 4.90 Å². The third-order valence-electron chi connectivity index (χ3n) is 3.18. The monoisotopic (exact) mass is 212 g/mol. The summed E-state index contributed by atoms with van der Waals surface area (Å²) in [6.07, 6.45) is 3.23. The molecule has 1 unspecified atom stereocenters. The Kier molecular flexibility index (Phi) is 2.90. The van der Waals surface area contributed by atoms with Gasteiger partial charge in [-0.3, -0.25) is 4.79 Å². The Labute approximate surface area is 88.4 Å². The van der Waals surface area contributed by atoms with E-state index in [1.54, 1.807) is 0 Å². The first-order valence-corrected chi connectivity index (χ1v) is 5.47. The second-order valence-electron chi connectivity index (χ2n) is 4.18. The van der Waals surface area contributed by atoms with Crippen LogP contribution in [0.4, 0.5) is 0 Å². The van der Waals surface area contributed by atoms with E-state index in [9.17, 15) is 9.59 Å². The predicted molar refractivity (Wildman–Crippen MR) is 53.4 cm³/mol. The molecule has 2 saturated heterocycles. The zero-order valence-corrected chi connectivity index (χ0v) is 8.61. The minimum atomic E-state index is -0.876. The number of likely N-dealkylation sites (tertiary alicyclic amines) is 1. The lowest BCUT2D eigenvalue weighted by Crippen LogP contribution is -2.48. The molecule has 2 atom stereocenters. The van der Waals surface area contributed by atoms with Gasteiger partial charge in [-0.05, 0) is 32.2 Å². The molecule has 0 saturated carbocycles. The van der Waals surface area contributed by atoms with E-state index in [-0.39, 0.29) is 11.9 Å². The molecule has 0 spiro atoms. The van der Waals surface area contributed by atoms with Crippen molar-refractivity contribution in [1.82, 2.24) is 10.2 Å². The SMILES string of the molecule is O=C(O)C1CCCN1C(=O)[C@@H]1CCCN1. The summed E-state index contributed by atoms with van der Waals surface area (Å²) in [7, 11) is 0. The molecular weight excluding hydrogens is 196 g/mol. The third kappa shape index (κ3) is 1.97. The van der Waals surface area contributed by atoms with Gasteiger partial charge in [-0.1, -0.05) is 0 Å². The highest BCUT2D eigenvalue weighted by Gasteiger charge is 2.37. The molecule has 2 fully saturated rings. The summed E-state index contributed by atoms with van der Waals surface area (Å²) in [5, 5.41) is 12.1. The van der Waals surface area contributed by atoms with E-state index in [1.807, 2.05) is 0 Å². The highest BCUT2D eigenvalue weighted by Crippen LogP contribution is 2.20. The van der Waals surface area contributed by atoms with E-state index in [0.717, 1.165) is 25.8 Å². The number of nitrogens with one attached hydrogen (secondary N) is 1. The van der Waals surface area contributed by atoms with Crippen LogP contribution in [-0.2, 0) is 9.59 Å². The molecule has 5 heteroatoms. The quantitative estimate of drug-likeness (QED) is 0.666. The molecule has 2 rings (SSSR count). The molecule has 2 heterocycles. The topological polar surface area (TPSA) is 69.6 Å². The van der Waals surface area contributed by atoms with Crippen LogP contribution >= 0.6 is 0 Å². The molecule has 2 aliphatic heterocycles. The summed E-state index contributed by atoms with van der Waals surface area (Å²) in [5.74, 6) is -0.906. The van der Waals surface area contributed by atoms with Crippen molar-refractivity contribution < 1.29 is 14.7 Å². The lowest BCUT2D eigenvalue weighted by molar-refractivity contribution is -0.148. The van der Waals surface area contributed by atoms with Crippen LogP contribution in [0.3, 0.4) is 0 Å². The van der Waals surface area contributed by atoms with Gasteiger partial charge in [-0.15, -0.1) is 0 Å². The Morgan fingerprint density at radius 2 is 2.07 bits per heavy atom. The first-order chi connectivity index (χ1) is 7.20. The fourth-order valence-corrected chi connectivity index (χ4v) is 2.38. The minimum Gasteiger partial charge on any atom is -0.480 e. The standard InChI is InChI=1S/C10H16N2O3/c13-9(7-3-1-5-11-7)12-6-2-4-8(12)10(14)15/h7-8,11H,1-6H2,(H,14,15)/t7-,8?/m0/s1. The Balaban J connectivity index is 2.02. The summed E-state index contributed by atoms with van der Waals surface area (Å²) in [4.78, 5) is 24.4. The van der Waals surface area contributed by atoms with Crippen LogP contribution in [0.1, 0.15) is 25.7 Å². The molecule has 1 amide bonds. The second kappa shape index (κ2) is 4.18. The van der Waals surface area contributed by atoms with Gasteiger partial charge in [0.1, 0.15) is 6.04 Å². The summed E-state index contributed by atoms with van der Waals surface area (Å²) >= 11 is 0. The van der Waals surface area contributed by atoms with Gasteiger partial charge < -0.3 is 15.3 Å². The van der Waals surface area contributed by atoms with Gasteiger partial charge in [0.2, 0.25) is 5.91 Å². The van der Waals surface area contributed by atoms with Crippen molar-refractivity contribution in [1.29, 1.82) is 0 Å². The Hall–Kier alpha value is -1.10. The maximum absolute atomic E-state index is 12.0. The molecule has 0 radical (unpaired) electrons. The van der Waals surface area contributed by atoms with Crippen molar-refractivity contribution in [3.8, 4) is 0 Å². The Morgan fingerprint density at radius 1 is 1.27 bits per heavy atom. The molecule has 2 aliphatic rings. The van der Waals surface area contributed by atoms with E-state index in [2.05, 4.69) is 5.32 Å². The molecular formula is C10H16N2O3. The Morgan fingerprint density at radius 3 is 2.67 bits per heavy atom. The number of carboxylic acids is 1. The van der Waals surface area contributed by atoms with Gasteiger partial charge in [0, 0.05) is 6.54 Å². The normalized spacial score (nSPS) is 30.8. The molecule has 0 aromatic heterocycles. The highest BCUT2D eigenvalue weighted by molar-refractivity contribution is 5.87. The highest BCUT2D eigenvalue weighted by atomic mass is 16.4. The largest absolute Gasteiger partial charge is 0.480 e. The number of hydrogen-bond acceptors (Lipinski definition) is 3. The second-order valence-corrected chi connectivity index (χ2v) is 4.18. The van der Waals surface area contributed by atoms with Gasteiger partial charge in [0.15, 0.2) is 0 Å². The predicted octanol–water partition coefficient (Wildman–Crippen LogP) is -0.186. The fraction of sp³-hybridized carbons (Fsp3) is 0.800. The average molecular weight is 212 g/mol. The van der Waals surface area contributed by atoms with Crippen LogP contribution in [0.5, 0.6) is 0 Å². The molecule has 0 aromatic rings. The first kappa shape index (κ1) is 10.4. The van der Waals surface area contributed by atoms with Crippen molar-refractivity contribution in [3.05, 3.63) is 0 Å². The molecule has 5 nitrogen and oxygen atoms in total. The van der Waals surface area contributed by atoms with Crippen LogP contribution in [0, 0.1) is 0 Å². The van der Waals surface area contributed by atoms with E-state index < -0.39 is 12.0 Å². The van der Waals surface area contributed by atoms with Crippen molar-refractivity contribution in [2.45, 2.75) is 37.8 Å². The molecule has 0 aliphatic carbocycles. The van der Waals surface area contributed by atoms with Gasteiger partial charge in [0.05, 0.1) is 6.04 Å². The van der Waals surface area contributed by atoms with Gasteiger partial charge in [-0.2, -0.15) is 0 Å². The van der Waals surface area contributed by atoms with Gasteiger partial charge >= 0.3 is 5.97 Å². The summed E-state index contributed by atoms with van der Waals surface area (Å²) in [6.45, 7) is 1.45. The van der Waals surface area contributed by atoms with E-state index in [0.29, 0.717) is 13.0 Å². The maximum Gasteiger partial charge on any atom is 0.326 e. The zero-order chi connectivity index (χ0) is 10.8. The minimum absolute atomic E-state index is 0.0302. The number of aliphatic carboxylic acids is 1. The van der Waals surface area contributed by atoms with Crippen LogP contribution in [0.25, 0.3) is 0 Å². The van der Waals surface area contributed by atoms with Crippen molar-refractivity contribution in [2.75, 3.05) is 13.1 Å². The van der Waals surface area contributed by atoms with E-state index in [4.69, 9.17) is 5.11 Å². The summed E-state index contributed by atoms with van der Waals surface area (Å²) in [6, 6.07) is -0.746. The number of nitrogens with zero attached hydrogens (tertiary/aromatic N) is 1. The van der Waals surface area contributed by atoms with Crippen LogP contribution in [0.2, 0.25) is 0 Å². The third-order valence-corrected chi connectivity index (χ3v) is 3.18. The Bertz CT molecular complexity index is 274. The molecule has 0 bridgehead atoms. The molecule has 2 N–H and O–H groups in total. The zero-order valence-electron chi connectivity index (χ0n) is 8.61. The number of carbonyl (C=O) groups excluding carboxylic acids is 1. The number of rotatable bonds is 2. The summed E-state index contributed by atoms with van der Waals surface area (Å²) in [5.41, 5.74) is 0. The number of carboxylic acid groups (broad SMARTS) is 1. The number of hydrogen-bond donors (Lipinski definition) is 2. The van der Waals surface area contributed by atoms with Crippen molar-refractivity contribution >= 4 is 11.9 Å². The van der Waals surface area contributed by atoms with Gasteiger partial charge in [0.25, 0.3) is 0 Å². The van der Waals surface area contributed by atoms with Crippen LogP contribution in [0.15, 0.2) is 0 Å². The fourth-order valence-electron chi connectivity index (χ4n) is 2.38. The van der Waals surface area contributed by atoms with Crippen LogP contribution < -0.4 is 5.32 Å². The molecule has 0 aromatic carbocycles. The maximum atomic E-state index is 12.0. The van der Waals surface area contributed by atoms with Crippen molar-refractivity contribution in [2.24, 2.45) is 0 Å². The molecule has 15 heavy (non-hydrogen) atoms. The van der Waals surface area contributed by atoms with E-state index >= 15 is 0 Å². The first-order valence-electron chi connectivity index (χ1n) is 5.47. The average Bonchev–Trinajstić information content (AvgIpc) is 2.88. The van der Waals surface area contributed by atoms with Gasteiger partial charge in [-0.25, -0.2) is 4.79 Å². The van der Waals surface area contributed by atoms with Crippen molar-refractivity contribution in [3.63, 3.8) is 0 Å². The molecule has 84 valence electrons.